The number of alkyl halides is 2. The van der Waals surface area contributed by atoms with E-state index in [0.717, 1.165) is 0 Å². The van der Waals surface area contributed by atoms with E-state index in [1.807, 2.05) is 22.6 Å². The number of ether oxygens (including phenoxy) is 3. The molecule has 0 aromatic heterocycles. The molecule has 6 heteroatoms. The van der Waals surface area contributed by atoms with Gasteiger partial charge in [-0.05, 0) is 22.6 Å². The van der Waals surface area contributed by atoms with Gasteiger partial charge in [0.25, 0.3) is 0 Å². The van der Waals surface area contributed by atoms with Crippen molar-refractivity contribution < 1.29 is 23.0 Å². The number of benzene rings is 1. The van der Waals surface area contributed by atoms with E-state index in [-0.39, 0.29) is 5.75 Å². The van der Waals surface area contributed by atoms with Crippen molar-refractivity contribution in [3.8, 4) is 17.2 Å². The second kappa shape index (κ2) is 5.34. The average molecular weight is 330 g/mol. The minimum atomic E-state index is -2.86. The molecule has 1 aromatic rings. The molecule has 0 saturated carbocycles. The first-order chi connectivity index (χ1) is 7.08. The van der Waals surface area contributed by atoms with E-state index >= 15 is 0 Å². The van der Waals surface area contributed by atoms with E-state index in [9.17, 15) is 8.78 Å². The summed E-state index contributed by atoms with van der Waals surface area (Å²) in [5, 5.41) is 0. The zero-order valence-corrected chi connectivity index (χ0v) is 10.2. The monoisotopic (exact) mass is 330 g/mol. The van der Waals surface area contributed by atoms with Gasteiger partial charge in [-0.15, -0.1) is 0 Å². The van der Waals surface area contributed by atoms with Gasteiger partial charge < -0.3 is 14.2 Å². The zero-order valence-electron chi connectivity index (χ0n) is 8.09. The van der Waals surface area contributed by atoms with Crippen molar-refractivity contribution in [3.05, 3.63) is 15.7 Å². The lowest BCUT2D eigenvalue weighted by Gasteiger charge is -2.11. The van der Waals surface area contributed by atoms with Crippen molar-refractivity contribution >= 4 is 22.6 Å². The Hall–Kier alpha value is -0.790. The van der Waals surface area contributed by atoms with Crippen LogP contribution in [0.25, 0.3) is 0 Å². The molecular formula is C9H9F2IO3. The molecule has 0 heterocycles. The highest BCUT2D eigenvalue weighted by molar-refractivity contribution is 14.1. The third-order valence-corrected chi connectivity index (χ3v) is 2.71. The fourth-order valence-corrected chi connectivity index (χ4v) is 1.77. The molecule has 0 aliphatic heterocycles. The van der Waals surface area contributed by atoms with Crippen LogP contribution in [0.5, 0.6) is 17.2 Å². The molecule has 0 aliphatic rings. The molecule has 0 amide bonds. The topological polar surface area (TPSA) is 27.7 Å². The van der Waals surface area contributed by atoms with E-state index in [2.05, 4.69) is 4.74 Å². The standard InChI is InChI=1S/C9H9F2IO3/c1-13-6-3-5(15-9(10)11)4-7(14-2)8(6)12/h3-4,9H,1-2H3. The minimum absolute atomic E-state index is 0.0131. The van der Waals surface area contributed by atoms with Gasteiger partial charge in [-0.25, -0.2) is 0 Å². The molecule has 1 aromatic carbocycles. The molecule has 0 saturated heterocycles. The lowest BCUT2D eigenvalue weighted by molar-refractivity contribution is -0.0500. The summed E-state index contributed by atoms with van der Waals surface area (Å²) >= 11 is 2.00. The Labute approximate surface area is 99.5 Å². The van der Waals surface area contributed by atoms with Crippen molar-refractivity contribution in [2.45, 2.75) is 6.61 Å². The van der Waals surface area contributed by atoms with Gasteiger partial charge in [-0.2, -0.15) is 8.78 Å². The van der Waals surface area contributed by atoms with Crippen LogP contribution in [0.3, 0.4) is 0 Å². The number of halogens is 3. The van der Waals surface area contributed by atoms with Crippen molar-refractivity contribution in [1.82, 2.24) is 0 Å². The summed E-state index contributed by atoms with van der Waals surface area (Å²) < 4.78 is 38.9. The molecule has 15 heavy (non-hydrogen) atoms. The Balaban J connectivity index is 3.09. The third kappa shape index (κ3) is 3.08. The van der Waals surface area contributed by atoms with Gasteiger partial charge in [-0.1, -0.05) is 0 Å². The summed E-state index contributed by atoms with van der Waals surface area (Å²) in [6, 6.07) is 2.77. The largest absolute Gasteiger partial charge is 0.495 e. The molecule has 0 bridgehead atoms. The van der Waals surface area contributed by atoms with Gasteiger partial charge in [0.1, 0.15) is 17.2 Å². The average Bonchev–Trinajstić information content (AvgIpc) is 2.19. The molecule has 0 spiro atoms. The molecule has 0 fully saturated rings. The molecule has 0 unspecified atom stereocenters. The SMILES string of the molecule is COc1cc(OC(F)F)cc(OC)c1I. The second-order valence-corrected chi connectivity index (χ2v) is 3.60. The molecule has 1 rings (SSSR count). The van der Waals surface area contributed by atoms with E-state index in [1.54, 1.807) is 0 Å². The Morgan fingerprint density at radius 3 is 1.93 bits per heavy atom. The van der Waals surface area contributed by atoms with Crippen LogP contribution < -0.4 is 14.2 Å². The van der Waals surface area contributed by atoms with Gasteiger partial charge in [0.15, 0.2) is 0 Å². The Morgan fingerprint density at radius 2 is 1.60 bits per heavy atom. The minimum Gasteiger partial charge on any atom is -0.495 e. The van der Waals surface area contributed by atoms with Gasteiger partial charge in [0.05, 0.1) is 17.8 Å². The summed E-state index contributed by atoms with van der Waals surface area (Å²) in [6.45, 7) is -2.86. The Kier molecular flexibility index (Phi) is 4.37. The first-order valence-corrected chi connectivity index (χ1v) is 5.02. The normalized spacial score (nSPS) is 10.3. The van der Waals surface area contributed by atoms with E-state index in [4.69, 9.17) is 9.47 Å². The Morgan fingerprint density at radius 1 is 1.13 bits per heavy atom. The van der Waals surface area contributed by atoms with Gasteiger partial charge in [0.2, 0.25) is 0 Å². The maximum atomic E-state index is 12.0. The highest BCUT2D eigenvalue weighted by Crippen LogP contribution is 2.35. The van der Waals surface area contributed by atoms with Gasteiger partial charge >= 0.3 is 6.61 Å². The number of hydrogen-bond donors (Lipinski definition) is 0. The van der Waals surface area contributed by atoms with Crippen LogP contribution in [0, 0.1) is 3.57 Å². The quantitative estimate of drug-likeness (QED) is 0.795. The van der Waals surface area contributed by atoms with E-state index in [1.165, 1.54) is 26.4 Å². The van der Waals surface area contributed by atoms with Gasteiger partial charge in [0, 0.05) is 12.1 Å². The molecule has 0 aliphatic carbocycles. The van der Waals surface area contributed by atoms with Crippen LogP contribution in [0.15, 0.2) is 12.1 Å². The first kappa shape index (κ1) is 12.3. The van der Waals surface area contributed by atoms with Crippen molar-refractivity contribution in [1.29, 1.82) is 0 Å². The summed E-state index contributed by atoms with van der Waals surface area (Å²) in [6.07, 6.45) is 0. The molecular weight excluding hydrogens is 321 g/mol. The van der Waals surface area contributed by atoms with Crippen LogP contribution in [-0.4, -0.2) is 20.8 Å². The maximum Gasteiger partial charge on any atom is 0.387 e. The third-order valence-electron chi connectivity index (χ3n) is 1.64. The lowest BCUT2D eigenvalue weighted by Crippen LogP contribution is -2.03. The van der Waals surface area contributed by atoms with Crippen LogP contribution in [-0.2, 0) is 0 Å². The smallest absolute Gasteiger partial charge is 0.387 e. The van der Waals surface area contributed by atoms with E-state index in [0.29, 0.717) is 15.1 Å². The van der Waals surface area contributed by atoms with Crippen molar-refractivity contribution in [2.24, 2.45) is 0 Å². The molecule has 0 N–H and O–H groups in total. The number of hydrogen-bond acceptors (Lipinski definition) is 3. The van der Waals surface area contributed by atoms with Crippen LogP contribution in [0.1, 0.15) is 0 Å². The lowest BCUT2D eigenvalue weighted by atomic mass is 10.3. The van der Waals surface area contributed by atoms with Gasteiger partial charge in [-0.3, -0.25) is 0 Å². The van der Waals surface area contributed by atoms with Crippen molar-refractivity contribution in [2.75, 3.05) is 14.2 Å². The molecule has 3 nitrogen and oxygen atoms in total. The fourth-order valence-electron chi connectivity index (χ4n) is 1.02. The van der Waals surface area contributed by atoms with Crippen LogP contribution in [0.2, 0.25) is 0 Å². The summed E-state index contributed by atoms with van der Waals surface area (Å²) in [5.41, 5.74) is 0. The zero-order chi connectivity index (χ0) is 11.4. The van der Waals surface area contributed by atoms with E-state index < -0.39 is 6.61 Å². The Bertz CT molecular complexity index is 319. The number of rotatable bonds is 4. The number of methoxy groups -OCH3 is 2. The van der Waals surface area contributed by atoms with Crippen LogP contribution >= 0.6 is 22.6 Å². The maximum absolute atomic E-state index is 12.0. The second-order valence-electron chi connectivity index (χ2n) is 2.52. The summed E-state index contributed by atoms with van der Waals surface area (Å²) in [5.74, 6) is 0.885. The molecule has 0 atom stereocenters. The molecule has 84 valence electrons. The van der Waals surface area contributed by atoms with Crippen LogP contribution in [0.4, 0.5) is 8.78 Å². The molecule has 0 radical (unpaired) electrons. The first-order valence-electron chi connectivity index (χ1n) is 3.94. The highest BCUT2D eigenvalue weighted by atomic mass is 127. The summed E-state index contributed by atoms with van der Waals surface area (Å²) in [7, 11) is 2.90. The fraction of sp³-hybridized carbons (Fsp3) is 0.333. The predicted molar refractivity (Wildman–Crippen MR) is 58.9 cm³/mol. The predicted octanol–water partition coefficient (Wildman–Crippen LogP) is 2.91. The van der Waals surface area contributed by atoms with Crippen molar-refractivity contribution in [3.63, 3.8) is 0 Å². The summed E-state index contributed by atoms with van der Waals surface area (Å²) in [4.78, 5) is 0. The highest BCUT2D eigenvalue weighted by Gasteiger charge is 2.13.